The van der Waals surface area contributed by atoms with Crippen molar-refractivity contribution in [2.45, 2.75) is 13.3 Å². The largest absolute Gasteiger partial charge is 0.423 e. The van der Waals surface area contributed by atoms with Gasteiger partial charge in [0.2, 0.25) is 0 Å². The van der Waals surface area contributed by atoms with E-state index in [4.69, 9.17) is 4.74 Å². The van der Waals surface area contributed by atoms with Crippen molar-refractivity contribution in [3.05, 3.63) is 42.1 Å². The number of benzene rings is 1. The first-order valence-corrected chi connectivity index (χ1v) is 4.91. The van der Waals surface area contributed by atoms with E-state index in [9.17, 15) is 4.79 Å². The summed E-state index contributed by atoms with van der Waals surface area (Å²) in [5.41, 5.74) is 0.857. The van der Waals surface area contributed by atoms with E-state index in [0.29, 0.717) is 5.75 Å². The molecule has 0 atom stereocenters. The van der Waals surface area contributed by atoms with Gasteiger partial charge in [-0.15, -0.1) is 0 Å². The summed E-state index contributed by atoms with van der Waals surface area (Å²) in [6.07, 6.45) is 2.24. The lowest BCUT2D eigenvalue weighted by atomic mass is 10.3. The summed E-state index contributed by atoms with van der Waals surface area (Å²) in [6, 6.07) is 9.02. The third kappa shape index (κ3) is 3.85. The van der Waals surface area contributed by atoms with Crippen molar-refractivity contribution in [2.24, 2.45) is 0 Å². The van der Waals surface area contributed by atoms with Crippen molar-refractivity contribution in [1.82, 2.24) is 5.32 Å². The summed E-state index contributed by atoms with van der Waals surface area (Å²) in [7, 11) is 1.78. The van der Waals surface area contributed by atoms with Crippen molar-refractivity contribution in [3.8, 4) is 5.75 Å². The van der Waals surface area contributed by atoms with E-state index in [2.05, 4.69) is 5.32 Å². The number of rotatable bonds is 4. The van der Waals surface area contributed by atoms with Crippen LogP contribution < -0.4 is 10.1 Å². The van der Waals surface area contributed by atoms with Crippen molar-refractivity contribution in [3.63, 3.8) is 0 Å². The van der Waals surface area contributed by atoms with Crippen LogP contribution >= 0.6 is 0 Å². The molecule has 0 amide bonds. The minimum Gasteiger partial charge on any atom is -0.423 e. The van der Waals surface area contributed by atoms with Crippen LogP contribution in [0.4, 0.5) is 0 Å². The van der Waals surface area contributed by atoms with Crippen LogP contribution in [0.15, 0.2) is 42.1 Å². The number of hydrogen-bond donors (Lipinski definition) is 1. The number of hydrogen-bond acceptors (Lipinski definition) is 3. The second-order valence-electron chi connectivity index (χ2n) is 3.01. The predicted molar refractivity (Wildman–Crippen MR) is 59.5 cm³/mol. The summed E-state index contributed by atoms with van der Waals surface area (Å²) in [4.78, 5) is 11.4. The third-order valence-corrected chi connectivity index (χ3v) is 1.96. The highest BCUT2D eigenvalue weighted by atomic mass is 16.5. The smallest absolute Gasteiger partial charge is 0.337 e. The van der Waals surface area contributed by atoms with Gasteiger partial charge in [-0.05, 0) is 18.6 Å². The number of allylic oxidation sites excluding steroid dienone is 1. The molecule has 0 aliphatic rings. The summed E-state index contributed by atoms with van der Waals surface area (Å²) in [6.45, 7) is 1.97. The fourth-order valence-electron chi connectivity index (χ4n) is 1.13. The topological polar surface area (TPSA) is 38.3 Å². The third-order valence-electron chi connectivity index (χ3n) is 1.96. The van der Waals surface area contributed by atoms with E-state index in [0.717, 1.165) is 12.1 Å². The first-order chi connectivity index (χ1) is 7.26. The fourth-order valence-corrected chi connectivity index (χ4v) is 1.13. The second kappa shape index (κ2) is 5.86. The molecule has 0 saturated carbocycles. The molecule has 0 aromatic heterocycles. The number of ether oxygens (including phenoxy) is 1. The molecule has 1 N–H and O–H groups in total. The molecule has 0 fully saturated rings. The lowest BCUT2D eigenvalue weighted by Gasteiger charge is -2.03. The number of carbonyl (C=O) groups excluding carboxylic acids is 1. The molecule has 3 heteroatoms. The van der Waals surface area contributed by atoms with Crippen LogP contribution in [0.1, 0.15) is 13.3 Å². The van der Waals surface area contributed by atoms with Gasteiger partial charge in [0.25, 0.3) is 0 Å². The Bertz CT molecular complexity index is 338. The molecule has 0 aliphatic carbocycles. The molecule has 15 heavy (non-hydrogen) atoms. The highest BCUT2D eigenvalue weighted by molar-refractivity contribution is 5.84. The molecule has 1 aromatic carbocycles. The average Bonchev–Trinajstić information content (AvgIpc) is 2.27. The normalized spacial score (nSPS) is 10.9. The van der Waals surface area contributed by atoms with Gasteiger partial charge in [0.15, 0.2) is 0 Å². The van der Waals surface area contributed by atoms with Gasteiger partial charge in [-0.1, -0.05) is 25.1 Å². The minimum absolute atomic E-state index is 0.354. The van der Waals surface area contributed by atoms with Crippen LogP contribution in [0.2, 0.25) is 0 Å². The Balaban J connectivity index is 2.60. The molecule has 0 spiro atoms. The van der Waals surface area contributed by atoms with Crippen molar-refractivity contribution < 1.29 is 9.53 Å². The van der Waals surface area contributed by atoms with Crippen molar-refractivity contribution in [2.75, 3.05) is 7.05 Å². The maximum absolute atomic E-state index is 11.4. The molecular formula is C12H15NO2. The maximum Gasteiger partial charge on any atom is 0.337 e. The molecule has 3 nitrogen and oxygen atoms in total. The Labute approximate surface area is 89.8 Å². The van der Waals surface area contributed by atoms with Gasteiger partial charge in [0, 0.05) is 18.8 Å². The van der Waals surface area contributed by atoms with Gasteiger partial charge in [0.1, 0.15) is 5.75 Å². The van der Waals surface area contributed by atoms with E-state index >= 15 is 0 Å². The predicted octanol–water partition coefficient (Wildman–Crippen LogP) is 2.11. The van der Waals surface area contributed by atoms with Crippen LogP contribution in [-0.2, 0) is 4.79 Å². The zero-order valence-electron chi connectivity index (χ0n) is 8.99. The number of carbonyl (C=O) groups is 1. The lowest BCUT2D eigenvalue weighted by molar-refractivity contribution is -0.129. The molecule has 1 aromatic rings. The zero-order chi connectivity index (χ0) is 11.1. The van der Waals surface area contributed by atoms with E-state index in [1.807, 2.05) is 25.1 Å². The second-order valence-corrected chi connectivity index (χ2v) is 3.01. The highest BCUT2D eigenvalue weighted by Gasteiger charge is 2.01. The van der Waals surface area contributed by atoms with Crippen molar-refractivity contribution in [1.29, 1.82) is 0 Å². The van der Waals surface area contributed by atoms with Crippen LogP contribution in [0.3, 0.4) is 0 Å². The maximum atomic E-state index is 11.4. The molecule has 1 rings (SSSR count). The zero-order valence-corrected chi connectivity index (χ0v) is 8.99. The lowest BCUT2D eigenvalue weighted by Crippen LogP contribution is -2.11. The fraction of sp³-hybridized carbons (Fsp3) is 0.250. The van der Waals surface area contributed by atoms with Gasteiger partial charge >= 0.3 is 5.97 Å². The molecule has 0 unspecified atom stereocenters. The van der Waals surface area contributed by atoms with Crippen LogP contribution in [0.5, 0.6) is 5.75 Å². The summed E-state index contributed by atoms with van der Waals surface area (Å²) < 4.78 is 5.09. The average molecular weight is 205 g/mol. The molecule has 0 radical (unpaired) electrons. The standard InChI is InChI=1S/C12H15NO2/c1-3-10(13-2)9-12(14)15-11-7-5-4-6-8-11/h4-9,13H,3H2,1-2H3. The number of nitrogens with one attached hydrogen (secondary N) is 1. The molecule has 0 saturated heterocycles. The Morgan fingerprint density at radius 3 is 2.60 bits per heavy atom. The van der Waals surface area contributed by atoms with Gasteiger partial charge in [-0.3, -0.25) is 0 Å². The Morgan fingerprint density at radius 1 is 1.40 bits per heavy atom. The first-order valence-electron chi connectivity index (χ1n) is 4.91. The first kappa shape index (κ1) is 11.3. The SMILES string of the molecule is CCC(=CC(=O)Oc1ccccc1)NC. The van der Waals surface area contributed by atoms with Crippen LogP contribution in [0, 0.1) is 0 Å². The quantitative estimate of drug-likeness (QED) is 0.465. The van der Waals surface area contributed by atoms with Gasteiger partial charge in [0.05, 0.1) is 0 Å². The molecule has 0 heterocycles. The molecule has 0 bridgehead atoms. The van der Waals surface area contributed by atoms with Gasteiger partial charge < -0.3 is 10.1 Å². The van der Waals surface area contributed by atoms with Crippen LogP contribution in [-0.4, -0.2) is 13.0 Å². The van der Waals surface area contributed by atoms with E-state index in [1.165, 1.54) is 6.08 Å². The number of para-hydroxylation sites is 1. The van der Waals surface area contributed by atoms with Crippen molar-refractivity contribution >= 4 is 5.97 Å². The molecular weight excluding hydrogens is 190 g/mol. The summed E-state index contributed by atoms with van der Waals surface area (Å²) >= 11 is 0. The minimum atomic E-state index is -0.354. The highest BCUT2D eigenvalue weighted by Crippen LogP contribution is 2.09. The number of esters is 1. The molecule has 0 aliphatic heterocycles. The van der Waals surface area contributed by atoms with Gasteiger partial charge in [-0.25, -0.2) is 4.79 Å². The van der Waals surface area contributed by atoms with E-state index < -0.39 is 0 Å². The van der Waals surface area contributed by atoms with Crippen LogP contribution in [0.25, 0.3) is 0 Å². The van der Waals surface area contributed by atoms with Gasteiger partial charge in [-0.2, -0.15) is 0 Å². The Morgan fingerprint density at radius 2 is 2.07 bits per heavy atom. The summed E-state index contributed by atoms with van der Waals surface area (Å²) in [5.74, 6) is 0.206. The Hall–Kier alpha value is -1.77. The van der Waals surface area contributed by atoms with E-state index in [-0.39, 0.29) is 5.97 Å². The summed E-state index contributed by atoms with van der Waals surface area (Å²) in [5, 5.41) is 2.93. The monoisotopic (exact) mass is 205 g/mol. The van der Waals surface area contributed by atoms with E-state index in [1.54, 1.807) is 19.2 Å². The Kier molecular flexibility index (Phi) is 4.41. The molecule has 80 valence electrons.